The van der Waals surface area contributed by atoms with Crippen LogP contribution in [0.3, 0.4) is 0 Å². The summed E-state index contributed by atoms with van der Waals surface area (Å²) in [6.45, 7) is 0. The summed E-state index contributed by atoms with van der Waals surface area (Å²) in [7, 11) is 0. The Morgan fingerprint density at radius 2 is 2.04 bits per heavy atom. The van der Waals surface area contributed by atoms with Crippen molar-refractivity contribution in [3.63, 3.8) is 0 Å². The normalized spacial score (nSPS) is 10.5. The van der Waals surface area contributed by atoms with Gasteiger partial charge in [0.2, 0.25) is 5.89 Å². The van der Waals surface area contributed by atoms with Crippen molar-refractivity contribution in [2.75, 3.05) is 5.32 Å². The van der Waals surface area contributed by atoms with Gasteiger partial charge in [-0.25, -0.2) is 4.39 Å². The minimum absolute atomic E-state index is 0.00484. The molecule has 0 saturated heterocycles. The number of nitrogens with one attached hydrogen (secondary N) is 1. The Bertz CT molecular complexity index is 888. The Hall–Kier alpha value is -3.56. The van der Waals surface area contributed by atoms with E-state index in [1.54, 1.807) is 6.07 Å². The molecule has 0 aliphatic rings. The Morgan fingerprint density at radius 1 is 1.22 bits per heavy atom. The number of anilines is 1. The van der Waals surface area contributed by atoms with Crippen LogP contribution < -0.4 is 5.32 Å². The number of amides is 1. The lowest BCUT2D eigenvalue weighted by Crippen LogP contribution is -2.11. The van der Waals surface area contributed by atoms with Crippen molar-refractivity contribution in [3.05, 3.63) is 58.1 Å². The van der Waals surface area contributed by atoms with E-state index in [1.807, 2.05) is 0 Å². The molecule has 0 fully saturated rings. The molecule has 3 rings (SSSR count). The fraction of sp³-hybridized carbons (Fsp3) is 0. The molecule has 116 valence electrons. The topological polar surface area (TPSA) is 124 Å². The Balaban J connectivity index is 1.75. The highest BCUT2D eigenvalue weighted by molar-refractivity contribution is 6.01. The lowest BCUT2D eigenvalue weighted by molar-refractivity contribution is -0.402. The van der Waals surface area contributed by atoms with Gasteiger partial charge in [-0.2, -0.15) is 0 Å². The third-order valence-electron chi connectivity index (χ3n) is 2.71. The van der Waals surface area contributed by atoms with Crippen LogP contribution in [-0.4, -0.2) is 21.0 Å². The number of aromatic nitrogens is 2. The number of nitrogens with zero attached hydrogens (tertiary/aromatic N) is 3. The first-order valence-corrected chi connectivity index (χ1v) is 6.18. The van der Waals surface area contributed by atoms with Crippen molar-refractivity contribution in [1.29, 1.82) is 0 Å². The first-order chi connectivity index (χ1) is 11.0. The summed E-state index contributed by atoms with van der Waals surface area (Å²) in [4.78, 5) is 21.6. The summed E-state index contributed by atoms with van der Waals surface area (Å²) in [6.07, 6.45) is 0. The number of hydrogen-bond acceptors (Lipinski definition) is 7. The van der Waals surface area contributed by atoms with Crippen LogP contribution in [0, 0.1) is 15.9 Å². The van der Waals surface area contributed by atoms with Crippen molar-refractivity contribution in [1.82, 2.24) is 10.2 Å². The summed E-state index contributed by atoms with van der Waals surface area (Å²) in [5.41, 5.74) is 0.339. The largest absolute Gasteiger partial charge is 0.433 e. The number of furan rings is 1. The van der Waals surface area contributed by atoms with E-state index in [4.69, 9.17) is 8.83 Å². The molecule has 0 spiro atoms. The number of rotatable bonds is 4. The van der Waals surface area contributed by atoms with Crippen LogP contribution in [-0.2, 0) is 0 Å². The molecular formula is C13H7FN4O5. The standard InChI is InChI=1S/C13H7FN4O5/c14-8-3-1-2-7(6-8)12-16-17-13(23-12)15-11(19)9-4-5-10(22-9)18(20)21/h1-6H,(H,15,17,19). The number of hydrogen-bond donors (Lipinski definition) is 1. The molecule has 10 heteroatoms. The van der Waals surface area contributed by atoms with Gasteiger partial charge in [-0.15, -0.1) is 5.10 Å². The molecule has 0 bridgehead atoms. The van der Waals surface area contributed by atoms with Gasteiger partial charge in [0, 0.05) is 5.56 Å². The van der Waals surface area contributed by atoms with E-state index in [-0.39, 0.29) is 17.7 Å². The highest BCUT2D eigenvalue weighted by atomic mass is 19.1. The molecule has 0 saturated carbocycles. The maximum Gasteiger partial charge on any atom is 0.433 e. The second kappa shape index (κ2) is 5.67. The van der Waals surface area contributed by atoms with Crippen LogP contribution in [0.4, 0.5) is 16.3 Å². The Labute approximate surface area is 126 Å². The van der Waals surface area contributed by atoms with Crippen LogP contribution in [0.1, 0.15) is 10.6 Å². The summed E-state index contributed by atoms with van der Waals surface area (Å²) in [5.74, 6) is -2.13. The fourth-order valence-corrected chi connectivity index (χ4v) is 1.72. The van der Waals surface area contributed by atoms with Gasteiger partial charge in [-0.05, 0) is 24.3 Å². The fourth-order valence-electron chi connectivity index (χ4n) is 1.72. The van der Waals surface area contributed by atoms with Gasteiger partial charge in [0.15, 0.2) is 5.76 Å². The van der Waals surface area contributed by atoms with Crippen molar-refractivity contribution >= 4 is 17.8 Å². The van der Waals surface area contributed by atoms with Crippen molar-refractivity contribution < 1.29 is 22.9 Å². The number of nitro groups is 1. The zero-order valence-electron chi connectivity index (χ0n) is 11.2. The van der Waals surface area contributed by atoms with E-state index in [9.17, 15) is 19.3 Å². The highest BCUT2D eigenvalue weighted by Crippen LogP contribution is 2.21. The maximum absolute atomic E-state index is 13.1. The molecule has 1 aromatic carbocycles. The van der Waals surface area contributed by atoms with Crippen molar-refractivity contribution in [2.45, 2.75) is 0 Å². The monoisotopic (exact) mass is 318 g/mol. The summed E-state index contributed by atoms with van der Waals surface area (Å²) >= 11 is 0. The first kappa shape index (κ1) is 14.4. The van der Waals surface area contributed by atoms with Crippen LogP contribution in [0.2, 0.25) is 0 Å². The van der Waals surface area contributed by atoms with E-state index in [2.05, 4.69) is 15.5 Å². The average Bonchev–Trinajstić information content (AvgIpc) is 3.16. The van der Waals surface area contributed by atoms with E-state index in [0.717, 1.165) is 12.1 Å². The predicted molar refractivity (Wildman–Crippen MR) is 73.0 cm³/mol. The van der Waals surface area contributed by atoms with E-state index in [1.165, 1.54) is 18.2 Å². The average molecular weight is 318 g/mol. The van der Waals surface area contributed by atoms with Gasteiger partial charge < -0.3 is 8.83 Å². The second-order valence-corrected chi connectivity index (χ2v) is 4.27. The molecule has 0 aliphatic carbocycles. The van der Waals surface area contributed by atoms with E-state index < -0.39 is 22.5 Å². The van der Waals surface area contributed by atoms with Crippen molar-refractivity contribution in [2.24, 2.45) is 0 Å². The molecule has 0 aliphatic heterocycles. The number of halogens is 1. The molecule has 2 heterocycles. The van der Waals surface area contributed by atoms with E-state index >= 15 is 0 Å². The SMILES string of the molecule is O=C(Nc1nnc(-c2cccc(F)c2)o1)c1ccc([N+](=O)[O-])o1. The molecule has 1 N–H and O–H groups in total. The smallest absolute Gasteiger partial charge is 0.403 e. The van der Waals surface area contributed by atoms with Gasteiger partial charge in [-0.3, -0.25) is 20.2 Å². The van der Waals surface area contributed by atoms with Gasteiger partial charge in [0.25, 0.3) is 5.91 Å². The third kappa shape index (κ3) is 3.05. The zero-order chi connectivity index (χ0) is 16.4. The molecule has 0 radical (unpaired) electrons. The van der Waals surface area contributed by atoms with Gasteiger partial charge in [0.05, 0.1) is 6.07 Å². The number of benzene rings is 1. The molecule has 3 aromatic rings. The van der Waals surface area contributed by atoms with Gasteiger partial charge in [0.1, 0.15) is 10.7 Å². The first-order valence-electron chi connectivity index (χ1n) is 6.18. The lowest BCUT2D eigenvalue weighted by Gasteiger charge is -1.96. The minimum Gasteiger partial charge on any atom is -0.403 e. The Morgan fingerprint density at radius 3 is 2.74 bits per heavy atom. The molecule has 23 heavy (non-hydrogen) atoms. The van der Waals surface area contributed by atoms with Crippen LogP contribution in [0.15, 0.2) is 45.2 Å². The molecule has 0 unspecified atom stereocenters. The number of carbonyl (C=O) groups excluding carboxylic acids is 1. The molecule has 2 aromatic heterocycles. The summed E-state index contributed by atoms with van der Waals surface area (Å²) < 4.78 is 23.0. The third-order valence-corrected chi connectivity index (χ3v) is 2.71. The van der Waals surface area contributed by atoms with Crippen molar-refractivity contribution in [3.8, 4) is 11.5 Å². The quantitative estimate of drug-likeness (QED) is 0.579. The van der Waals surface area contributed by atoms with Gasteiger partial charge >= 0.3 is 11.9 Å². The highest BCUT2D eigenvalue weighted by Gasteiger charge is 2.19. The second-order valence-electron chi connectivity index (χ2n) is 4.27. The van der Waals surface area contributed by atoms with E-state index in [0.29, 0.717) is 5.56 Å². The maximum atomic E-state index is 13.1. The molecule has 1 amide bonds. The molecule has 9 nitrogen and oxygen atoms in total. The predicted octanol–water partition coefficient (Wildman–Crippen LogP) is 2.63. The lowest BCUT2D eigenvalue weighted by atomic mass is 10.2. The molecule has 0 atom stereocenters. The minimum atomic E-state index is -0.799. The summed E-state index contributed by atoms with van der Waals surface area (Å²) in [5, 5.41) is 20.0. The van der Waals surface area contributed by atoms with Crippen LogP contribution >= 0.6 is 0 Å². The zero-order valence-corrected chi connectivity index (χ0v) is 11.2. The van der Waals surface area contributed by atoms with Crippen LogP contribution in [0.25, 0.3) is 11.5 Å². The summed E-state index contributed by atoms with van der Waals surface area (Å²) in [6, 6.07) is 7.39. The Kier molecular flexibility index (Phi) is 3.55. The number of carbonyl (C=O) groups is 1. The molecular weight excluding hydrogens is 311 g/mol. The van der Waals surface area contributed by atoms with Crippen LogP contribution in [0.5, 0.6) is 0 Å². The van der Waals surface area contributed by atoms with Gasteiger partial charge in [-0.1, -0.05) is 11.2 Å².